The van der Waals surface area contributed by atoms with Crippen molar-refractivity contribution in [2.24, 2.45) is 5.92 Å². The molecule has 0 radical (unpaired) electrons. The summed E-state index contributed by atoms with van der Waals surface area (Å²) in [5.74, 6) is 0.933. The van der Waals surface area contributed by atoms with Crippen LogP contribution in [0, 0.1) is 5.92 Å². The second-order valence-electron chi connectivity index (χ2n) is 6.29. The zero-order valence-electron chi connectivity index (χ0n) is 13.7. The van der Waals surface area contributed by atoms with E-state index in [9.17, 15) is 0 Å². The topological polar surface area (TPSA) is 15.3 Å². The van der Waals surface area contributed by atoms with Crippen LogP contribution < -0.4 is 10.2 Å². The largest absolute Gasteiger partial charge is 0.371 e. The van der Waals surface area contributed by atoms with Gasteiger partial charge >= 0.3 is 0 Å². The highest BCUT2D eigenvalue weighted by Gasteiger charge is 2.18. The molecule has 1 aromatic carbocycles. The molecule has 2 nitrogen and oxygen atoms in total. The fraction of sp³-hybridized carbons (Fsp3) is 0.667. The maximum absolute atomic E-state index is 3.78. The van der Waals surface area contributed by atoms with Crippen molar-refractivity contribution in [3.05, 3.63) is 28.2 Å². The van der Waals surface area contributed by atoms with Gasteiger partial charge in [0, 0.05) is 23.6 Å². The molecule has 0 aromatic heterocycles. The SMILES string of the molecule is CCCC1CCCN(c2ccc(C(C)NC)cc2Br)CC1. The number of benzene rings is 1. The number of hydrogen-bond donors (Lipinski definition) is 1. The highest BCUT2D eigenvalue weighted by Crippen LogP contribution is 2.32. The van der Waals surface area contributed by atoms with Crippen molar-refractivity contribution in [2.75, 3.05) is 25.0 Å². The molecule has 2 unspecified atom stereocenters. The molecule has 0 saturated carbocycles. The van der Waals surface area contributed by atoms with Crippen molar-refractivity contribution in [1.29, 1.82) is 0 Å². The average molecular weight is 353 g/mol. The Morgan fingerprint density at radius 1 is 1.33 bits per heavy atom. The predicted octanol–water partition coefficient (Wildman–Crippen LogP) is 5.14. The molecule has 0 bridgehead atoms. The zero-order chi connectivity index (χ0) is 15.2. The highest BCUT2D eigenvalue weighted by molar-refractivity contribution is 9.10. The molecule has 1 saturated heterocycles. The minimum absolute atomic E-state index is 0.397. The van der Waals surface area contributed by atoms with Gasteiger partial charge in [-0.2, -0.15) is 0 Å². The molecule has 0 aliphatic carbocycles. The number of rotatable bonds is 5. The van der Waals surface area contributed by atoms with E-state index in [1.807, 2.05) is 7.05 Å². The lowest BCUT2D eigenvalue weighted by molar-refractivity contribution is 0.435. The lowest BCUT2D eigenvalue weighted by atomic mass is 9.96. The Labute approximate surface area is 138 Å². The van der Waals surface area contributed by atoms with E-state index < -0.39 is 0 Å². The first-order chi connectivity index (χ1) is 10.2. The van der Waals surface area contributed by atoms with E-state index in [1.165, 1.54) is 60.9 Å². The molecule has 1 heterocycles. The fourth-order valence-corrected chi connectivity index (χ4v) is 3.97. The molecule has 1 aliphatic heterocycles. The smallest absolute Gasteiger partial charge is 0.0510 e. The Hall–Kier alpha value is -0.540. The van der Waals surface area contributed by atoms with Gasteiger partial charge in [-0.1, -0.05) is 25.8 Å². The van der Waals surface area contributed by atoms with Crippen LogP contribution in [0.5, 0.6) is 0 Å². The number of anilines is 1. The third-order valence-electron chi connectivity index (χ3n) is 4.79. The molecule has 2 rings (SSSR count). The third kappa shape index (κ3) is 4.46. The normalized spacial score (nSPS) is 21.1. The molecule has 3 heteroatoms. The Balaban J connectivity index is 2.07. The lowest BCUT2D eigenvalue weighted by Crippen LogP contribution is -2.24. The Kier molecular flexibility index (Phi) is 6.56. The van der Waals surface area contributed by atoms with Gasteiger partial charge < -0.3 is 10.2 Å². The van der Waals surface area contributed by atoms with Crippen LogP contribution in [-0.4, -0.2) is 20.1 Å². The van der Waals surface area contributed by atoms with Gasteiger partial charge in [0.2, 0.25) is 0 Å². The van der Waals surface area contributed by atoms with Gasteiger partial charge in [-0.05, 0) is 72.8 Å². The van der Waals surface area contributed by atoms with E-state index in [-0.39, 0.29) is 0 Å². The van der Waals surface area contributed by atoms with E-state index in [0.717, 1.165) is 5.92 Å². The van der Waals surface area contributed by atoms with Crippen molar-refractivity contribution < 1.29 is 0 Å². The second kappa shape index (κ2) is 8.19. The second-order valence-corrected chi connectivity index (χ2v) is 7.15. The summed E-state index contributed by atoms with van der Waals surface area (Å²) in [6, 6.07) is 7.21. The highest BCUT2D eigenvalue weighted by atomic mass is 79.9. The molecule has 1 N–H and O–H groups in total. The first-order valence-corrected chi connectivity index (χ1v) is 9.16. The van der Waals surface area contributed by atoms with Crippen LogP contribution in [-0.2, 0) is 0 Å². The van der Waals surface area contributed by atoms with Gasteiger partial charge in [0.05, 0.1) is 5.69 Å². The standard InChI is InChI=1S/C18H29BrN2/c1-4-6-15-7-5-11-21(12-10-15)18-9-8-16(13-17(18)19)14(2)20-3/h8-9,13-15,20H,4-7,10-12H2,1-3H3. The van der Waals surface area contributed by atoms with Gasteiger partial charge in [0.25, 0.3) is 0 Å². The maximum Gasteiger partial charge on any atom is 0.0510 e. The van der Waals surface area contributed by atoms with E-state index in [1.54, 1.807) is 0 Å². The van der Waals surface area contributed by atoms with Crippen molar-refractivity contribution in [3.8, 4) is 0 Å². The lowest BCUT2D eigenvalue weighted by Gasteiger charge is -2.25. The summed E-state index contributed by atoms with van der Waals surface area (Å²) < 4.78 is 1.23. The van der Waals surface area contributed by atoms with Gasteiger partial charge in [0.15, 0.2) is 0 Å². The van der Waals surface area contributed by atoms with Crippen LogP contribution in [0.4, 0.5) is 5.69 Å². The molecule has 1 fully saturated rings. The Morgan fingerprint density at radius 3 is 2.81 bits per heavy atom. The Morgan fingerprint density at radius 2 is 2.14 bits per heavy atom. The van der Waals surface area contributed by atoms with Crippen molar-refractivity contribution in [1.82, 2.24) is 5.32 Å². The fourth-order valence-electron chi connectivity index (χ4n) is 3.32. The summed E-state index contributed by atoms with van der Waals surface area (Å²) in [5.41, 5.74) is 2.70. The van der Waals surface area contributed by atoms with Gasteiger partial charge in [0.1, 0.15) is 0 Å². The zero-order valence-corrected chi connectivity index (χ0v) is 15.2. The molecule has 2 atom stereocenters. The van der Waals surface area contributed by atoms with Crippen molar-refractivity contribution >= 4 is 21.6 Å². The van der Waals surface area contributed by atoms with E-state index in [0.29, 0.717) is 6.04 Å². The first kappa shape index (κ1) is 16.8. The number of halogens is 1. The minimum atomic E-state index is 0.397. The summed E-state index contributed by atoms with van der Waals surface area (Å²) in [6.45, 7) is 6.90. The molecule has 1 aromatic rings. The van der Waals surface area contributed by atoms with Crippen LogP contribution in [0.3, 0.4) is 0 Å². The monoisotopic (exact) mass is 352 g/mol. The van der Waals surface area contributed by atoms with Crippen LogP contribution in [0.25, 0.3) is 0 Å². The summed E-state index contributed by atoms with van der Waals surface area (Å²) >= 11 is 3.78. The minimum Gasteiger partial charge on any atom is -0.371 e. The summed E-state index contributed by atoms with van der Waals surface area (Å²) in [5, 5.41) is 3.30. The molecular formula is C18H29BrN2. The van der Waals surface area contributed by atoms with E-state index >= 15 is 0 Å². The quantitative estimate of drug-likeness (QED) is 0.789. The summed E-state index contributed by atoms with van der Waals surface area (Å²) in [6.07, 6.45) is 6.79. The number of hydrogen-bond acceptors (Lipinski definition) is 2. The van der Waals surface area contributed by atoms with Gasteiger partial charge in [-0.15, -0.1) is 0 Å². The van der Waals surface area contributed by atoms with E-state index in [4.69, 9.17) is 0 Å². The van der Waals surface area contributed by atoms with E-state index in [2.05, 4.69) is 58.2 Å². The summed E-state index contributed by atoms with van der Waals surface area (Å²) in [7, 11) is 2.01. The molecular weight excluding hydrogens is 324 g/mol. The summed E-state index contributed by atoms with van der Waals surface area (Å²) in [4.78, 5) is 2.56. The van der Waals surface area contributed by atoms with Crippen LogP contribution in [0.15, 0.2) is 22.7 Å². The van der Waals surface area contributed by atoms with Crippen molar-refractivity contribution in [2.45, 2.75) is 52.0 Å². The van der Waals surface area contributed by atoms with Gasteiger partial charge in [-0.25, -0.2) is 0 Å². The van der Waals surface area contributed by atoms with Crippen molar-refractivity contribution in [3.63, 3.8) is 0 Å². The predicted molar refractivity (Wildman–Crippen MR) is 96.1 cm³/mol. The molecule has 0 amide bonds. The molecule has 118 valence electrons. The molecule has 0 spiro atoms. The molecule has 21 heavy (non-hydrogen) atoms. The van der Waals surface area contributed by atoms with Crippen LogP contribution in [0.2, 0.25) is 0 Å². The number of nitrogens with zero attached hydrogens (tertiary/aromatic N) is 1. The van der Waals surface area contributed by atoms with Crippen LogP contribution >= 0.6 is 15.9 Å². The maximum atomic E-state index is 3.78. The van der Waals surface area contributed by atoms with Crippen LogP contribution in [0.1, 0.15) is 57.6 Å². The third-order valence-corrected chi connectivity index (χ3v) is 5.43. The average Bonchev–Trinajstić information content (AvgIpc) is 2.72. The van der Waals surface area contributed by atoms with Gasteiger partial charge in [-0.3, -0.25) is 0 Å². The Bertz CT molecular complexity index is 447. The number of nitrogens with one attached hydrogen (secondary N) is 1. The molecule has 1 aliphatic rings. The first-order valence-electron chi connectivity index (χ1n) is 8.37.